The molecule has 7 heteroatoms. The minimum Gasteiger partial charge on any atom is -0.545 e. The largest absolute Gasteiger partial charge is 0.545 e. The summed E-state index contributed by atoms with van der Waals surface area (Å²) in [6, 6.07) is 13.1. The molecule has 0 unspecified atom stereocenters. The molecule has 0 aliphatic carbocycles. The maximum atomic E-state index is 12.7. The number of thioether (sulfide) groups is 1. The second-order valence-electron chi connectivity index (χ2n) is 4.87. The first-order chi connectivity index (χ1) is 11.5. The van der Waals surface area contributed by atoms with E-state index in [0.717, 1.165) is 11.8 Å². The predicted octanol–water partition coefficient (Wildman–Crippen LogP) is 3.11. The van der Waals surface area contributed by atoms with Crippen LogP contribution in [-0.4, -0.2) is 16.2 Å². The van der Waals surface area contributed by atoms with E-state index >= 15 is 0 Å². The van der Waals surface area contributed by atoms with Crippen molar-refractivity contribution in [3.8, 4) is 0 Å². The average molecular weight is 375 g/mol. The van der Waals surface area contributed by atoms with Crippen LogP contribution in [0.3, 0.4) is 0 Å². The van der Waals surface area contributed by atoms with Gasteiger partial charge in [-0.25, -0.2) is 0 Å². The smallest absolute Gasteiger partial charge is 0.270 e. The molecule has 1 amide bonds. The van der Waals surface area contributed by atoms with Crippen LogP contribution in [0.15, 0.2) is 53.4 Å². The first-order valence-corrected chi connectivity index (χ1v) is 8.41. The summed E-state index contributed by atoms with van der Waals surface area (Å²) in [6.07, 6.45) is 1.51. The number of hydrogen-bond donors (Lipinski definition) is 0. The molecule has 24 heavy (non-hydrogen) atoms. The molecule has 0 aromatic heterocycles. The van der Waals surface area contributed by atoms with Gasteiger partial charge in [-0.3, -0.25) is 9.69 Å². The molecule has 0 N–H and O–H groups in total. The van der Waals surface area contributed by atoms with E-state index in [1.165, 1.54) is 17.0 Å². The Kier molecular flexibility index (Phi) is 4.71. The van der Waals surface area contributed by atoms with Gasteiger partial charge in [0.2, 0.25) is 0 Å². The van der Waals surface area contributed by atoms with Crippen LogP contribution in [-0.2, 0) is 4.79 Å². The highest BCUT2D eigenvalue weighted by atomic mass is 35.5. The van der Waals surface area contributed by atoms with Crippen molar-refractivity contribution in [2.75, 3.05) is 4.90 Å². The van der Waals surface area contributed by atoms with Gasteiger partial charge in [0.25, 0.3) is 5.91 Å². The quantitative estimate of drug-likeness (QED) is 0.610. The second-order valence-corrected chi connectivity index (χ2v) is 6.98. The number of carbonyl (C=O) groups is 2. The molecule has 3 rings (SSSR count). The molecule has 0 bridgehead atoms. The monoisotopic (exact) mass is 374 g/mol. The van der Waals surface area contributed by atoms with Gasteiger partial charge in [-0.2, -0.15) is 0 Å². The van der Waals surface area contributed by atoms with Crippen molar-refractivity contribution in [3.63, 3.8) is 0 Å². The molecule has 1 heterocycles. The van der Waals surface area contributed by atoms with E-state index in [2.05, 4.69) is 0 Å². The van der Waals surface area contributed by atoms with Crippen molar-refractivity contribution in [3.05, 3.63) is 69.6 Å². The van der Waals surface area contributed by atoms with Crippen LogP contribution in [0, 0.1) is 0 Å². The third-order valence-corrected chi connectivity index (χ3v) is 4.86. The topological polar surface area (TPSA) is 60.4 Å². The predicted molar refractivity (Wildman–Crippen MR) is 97.9 cm³/mol. The van der Waals surface area contributed by atoms with Gasteiger partial charge < -0.3 is 9.90 Å². The zero-order chi connectivity index (χ0) is 17.3. The normalized spacial score (nSPS) is 16.0. The molecule has 0 spiro atoms. The van der Waals surface area contributed by atoms with Gasteiger partial charge in [-0.1, -0.05) is 65.9 Å². The summed E-state index contributed by atoms with van der Waals surface area (Å²) in [5.74, 6) is -1.62. The number of nitrogens with zero attached hydrogens (tertiary/aromatic N) is 1. The number of benzene rings is 2. The average Bonchev–Trinajstić information content (AvgIpc) is 2.81. The molecule has 1 fully saturated rings. The third kappa shape index (κ3) is 3.21. The number of anilines is 1. The number of amides is 1. The zero-order valence-corrected chi connectivity index (χ0v) is 14.5. The van der Waals surface area contributed by atoms with E-state index in [1.807, 2.05) is 0 Å². The van der Waals surface area contributed by atoms with Gasteiger partial charge in [0, 0.05) is 10.6 Å². The van der Waals surface area contributed by atoms with Gasteiger partial charge in [-0.05, 0) is 29.8 Å². The SMILES string of the molecule is O=C([O-])c1ccccc1/C=C1\SC(=S)N(c2cccc(Cl)c2)C1=O. The Hall–Kier alpha value is -2.15. The molecule has 0 saturated carbocycles. The number of thiocarbonyl (C=S) groups is 1. The fourth-order valence-electron chi connectivity index (χ4n) is 2.26. The minimum absolute atomic E-state index is 0.0190. The molecular weight excluding hydrogens is 366 g/mol. The van der Waals surface area contributed by atoms with Crippen LogP contribution in [0.2, 0.25) is 5.02 Å². The van der Waals surface area contributed by atoms with Crippen LogP contribution in [0.1, 0.15) is 15.9 Å². The number of carboxylic acid groups (broad SMARTS) is 1. The van der Waals surface area contributed by atoms with Crippen molar-refractivity contribution in [1.82, 2.24) is 0 Å². The van der Waals surface area contributed by atoms with E-state index in [1.54, 1.807) is 42.5 Å². The standard InChI is InChI=1S/C17H10ClNO3S2/c18-11-5-3-6-12(9-11)19-15(20)14(24-17(19)23)8-10-4-1-2-7-13(10)16(21)22/h1-9H,(H,21,22)/p-1/b14-8-. The van der Waals surface area contributed by atoms with Crippen molar-refractivity contribution in [2.45, 2.75) is 0 Å². The lowest BCUT2D eigenvalue weighted by Crippen LogP contribution is -2.27. The van der Waals surface area contributed by atoms with E-state index in [4.69, 9.17) is 23.8 Å². The number of rotatable bonds is 3. The summed E-state index contributed by atoms with van der Waals surface area (Å²) in [4.78, 5) is 25.6. The molecule has 4 nitrogen and oxygen atoms in total. The maximum Gasteiger partial charge on any atom is 0.270 e. The molecule has 1 saturated heterocycles. The lowest BCUT2D eigenvalue weighted by Gasteiger charge is -2.14. The van der Waals surface area contributed by atoms with Crippen LogP contribution < -0.4 is 10.0 Å². The van der Waals surface area contributed by atoms with Crippen LogP contribution in [0.5, 0.6) is 0 Å². The van der Waals surface area contributed by atoms with E-state index in [-0.39, 0.29) is 11.5 Å². The first-order valence-electron chi connectivity index (χ1n) is 6.81. The Morgan fingerprint density at radius 2 is 1.96 bits per heavy atom. The molecule has 1 aliphatic rings. The second kappa shape index (κ2) is 6.76. The van der Waals surface area contributed by atoms with Crippen molar-refractivity contribution < 1.29 is 14.7 Å². The lowest BCUT2D eigenvalue weighted by atomic mass is 10.1. The van der Waals surface area contributed by atoms with Crippen molar-refractivity contribution in [1.29, 1.82) is 0 Å². The number of aromatic carboxylic acids is 1. The molecule has 2 aromatic rings. The number of carbonyl (C=O) groups excluding carboxylic acids is 2. The lowest BCUT2D eigenvalue weighted by molar-refractivity contribution is -0.255. The summed E-state index contributed by atoms with van der Waals surface area (Å²) in [5, 5.41) is 11.7. The Labute approximate surface area is 152 Å². The maximum absolute atomic E-state index is 12.7. The molecule has 0 atom stereocenters. The van der Waals surface area contributed by atoms with E-state index in [0.29, 0.717) is 25.5 Å². The molecule has 120 valence electrons. The molecule has 2 aromatic carbocycles. The zero-order valence-electron chi connectivity index (χ0n) is 12.1. The van der Waals surface area contributed by atoms with E-state index < -0.39 is 5.97 Å². The Bertz CT molecular complexity index is 895. The van der Waals surface area contributed by atoms with Crippen LogP contribution in [0.4, 0.5) is 5.69 Å². The van der Waals surface area contributed by atoms with Gasteiger partial charge in [0.1, 0.15) is 0 Å². The number of hydrogen-bond acceptors (Lipinski definition) is 5. The highest BCUT2D eigenvalue weighted by Crippen LogP contribution is 2.36. The van der Waals surface area contributed by atoms with Crippen LogP contribution >= 0.6 is 35.6 Å². The van der Waals surface area contributed by atoms with Gasteiger partial charge in [0.05, 0.1) is 16.6 Å². The van der Waals surface area contributed by atoms with Gasteiger partial charge in [0.15, 0.2) is 4.32 Å². The highest BCUT2D eigenvalue weighted by molar-refractivity contribution is 8.27. The summed E-state index contributed by atoms with van der Waals surface area (Å²) in [7, 11) is 0. The minimum atomic E-state index is -1.30. The Morgan fingerprint density at radius 1 is 1.21 bits per heavy atom. The number of halogens is 1. The summed E-state index contributed by atoms with van der Waals surface area (Å²) >= 11 is 12.4. The molecule has 0 radical (unpaired) electrons. The van der Waals surface area contributed by atoms with Crippen LogP contribution in [0.25, 0.3) is 6.08 Å². The third-order valence-electron chi connectivity index (χ3n) is 3.33. The first kappa shape index (κ1) is 16.7. The highest BCUT2D eigenvalue weighted by Gasteiger charge is 2.33. The number of carboxylic acids is 1. The van der Waals surface area contributed by atoms with Crippen molar-refractivity contribution >= 4 is 63.5 Å². The Balaban J connectivity index is 1.99. The Morgan fingerprint density at radius 3 is 2.67 bits per heavy atom. The molecular formula is C17H9ClNO3S2-. The summed E-state index contributed by atoms with van der Waals surface area (Å²) in [5.41, 5.74) is 0.983. The summed E-state index contributed by atoms with van der Waals surface area (Å²) < 4.78 is 0.361. The van der Waals surface area contributed by atoms with Crippen molar-refractivity contribution in [2.24, 2.45) is 0 Å². The molecule has 1 aliphatic heterocycles. The van der Waals surface area contributed by atoms with Gasteiger partial charge in [-0.15, -0.1) is 0 Å². The van der Waals surface area contributed by atoms with Gasteiger partial charge >= 0.3 is 0 Å². The van der Waals surface area contributed by atoms with E-state index in [9.17, 15) is 14.7 Å². The fourth-order valence-corrected chi connectivity index (χ4v) is 3.73. The fraction of sp³-hybridized carbons (Fsp3) is 0. The summed E-state index contributed by atoms with van der Waals surface area (Å²) in [6.45, 7) is 0.